The Bertz CT molecular complexity index is 1230. The van der Waals surface area contributed by atoms with E-state index >= 15 is 0 Å². The normalized spacial score (nSPS) is 15.8. The molecule has 0 aromatic heterocycles. The highest BCUT2D eigenvalue weighted by atomic mass is 32.2. The van der Waals surface area contributed by atoms with Gasteiger partial charge in [0.05, 0.1) is 27.5 Å². The number of sulfonamides is 2. The molecule has 32 heavy (non-hydrogen) atoms. The Hall–Kier alpha value is -2.98. The van der Waals surface area contributed by atoms with Gasteiger partial charge in [0.15, 0.2) is 0 Å². The number of benzene rings is 2. The third-order valence-electron chi connectivity index (χ3n) is 5.12. The smallest absolute Gasteiger partial charge is 0.241 e. The van der Waals surface area contributed by atoms with E-state index in [1.807, 2.05) is 11.0 Å². The summed E-state index contributed by atoms with van der Waals surface area (Å²) in [6, 6.07) is 12.6. The SMILES string of the molecule is CC(NS(=O)(=O)c1ccc(C#N)cc1)C(=O)N1CCN(c2ccc(S(N)(=O)=O)cc2)CC1. The molecular formula is C20H23N5O5S2. The number of hydrogen-bond acceptors (Lipinski definition) is 7. The van der Waals surface area contributed by atoms with Crippen LogP contribution in [0.4, 0.5) is 5.69 Å². The zero-order valence-electron chi connectivity index (χ0n) is 17.3. The van der Waals surface area contributed by atoms with Gasteiger partial charge in [-0.25, -0.2) is 22.0 Å². The molecule has 3 N–H and O–H groups in total. The van der Waals surface area contributed by atoms with Crippen LogP contribution in [0.5, 0.6) is 0 Å². The maximum absolute atomic E-state index is 12.8. The van der Waals surface area contributed by atoms with Crippen LogP contribution in [0.2, 0.25) is 0 Å². The molecule has 3 rings (SSSR count). The van der Waals surface area contributed by atoms with Gasteiger partial charge >= 0.3 is 0 Å². The van der Waals surface area contributed by atoms with Gasteiger partial charge in [0.2, 0.25) is 26.0 Å². The Kier molecular flexibility index (Phi) is 6.85. The standard InChI is InChI=1S/C20H23N5O5S2/c1-15(23-32(29,30)19-6-2-16(14-21)3-7-19)20(26)25-12-10-24(11-13-25)17-4-8-18(9-5-17)31(22,27)28/h2-9,15,23H,10-13H2,1H3,(H2,22,27,28). The molecule has 2 aromatic rings. The van der Waals surface area contributed by atoms with Gasteiger partial charge in [-0.1, -0.05) is 0 Å². The third-order valence-corrected chi connectivity index (χ3v) is 7.60. The van der Waals surface area contributed by atoms with E-state index in [0.717, 1.165) is 5.69 Å². The van der Waals surface area contributed by atoms with Gasteiger partial charge < -0.3 is 9.80 Å². The van der Waals surface area contributed by atoms with Crippen LogP contribution in [-0.4, -0.2) is 59.9 Å². The van der Waals surface area contributed by atoms with Crippen molar-refractivity contribution in [2.45, 2.75) is 22.8 Å². The first-order valence-electron chi connectivity index (χ1n) is 9.70. The predicted molar refractivity (Wildman–Crippen MR) is 118 cm³/mol. The van der Waals surface area contributed by atoms with Crippen LogP contribution < -0.4 is 14.8 Å². The van der Waals surface area contributed by atoms with Gasteiger partial charge in [0, 0.05) is 31.9 Å². The van der Waals surface area contributed by atoms with Gasteiger partial charge in [-0.05, 0) is 55.5 Å². The van der Waals surface area contributed by atoms with Gasteiger partial charge in [-0.2, -0.15) is 9.98 Å². The van der Waals surface area contributed by atoms with Crippen molar-refractivity contribution in [3.05, 3.63) is 54.1 Å². The molecule has 0 radical (unpaired) electrons. The molecule has 1 fully saturated rings. The Morgan fingerprint density at radius 2 is 1.50 bits per heavy atom. The second kappa shape index (κ2) is 9.25. The Morgan fingerprint density at radius 3 is 2.00 bits per heavy atom. The molecule has 1 unspecified atom stereocenters. The quantitative estimate of drug-likeness (QED) is 0.603. The maximum Gasteiger partial charge on any atom is 0.241 e. The van der Waals surface area contributed by atoms with Crippen LogP contribution >= 0.6 is 0 Å². The fourth-order valence-electron chi connectivity index (χ4n) is 3.37. The molecule has 0 spiro atoms. The number of nitrogens with one attached hydrogen (secondary N) is 1. The fraction of sp³-hybridized carbons (Fsp3) is 0.300. The molecule has 12 heteroatoms. The van der Waals surface area contributed by atoms with Crippen LogP contribution in [-0.2, 0) is 24.8 Å². The average Bonchev–Trinajstić information content (AvgIpc) is 2.78. The van der Waals surface area contributed by atoms with E-state index in [0.29, 0.717) is 31.7 Å². The molecule has 1 aliphatic rings. The van der Waals surface area contributed by atoms with E-state index in [-0.39, 0.29) is 15.7 Å². The summed E-state index contributed by atoms with van der Waals surface area (Å²) in [4.78, 5) is 16.4. The molecule has 0 aliphatic carbocycles. The number of carbonyl (C=O) groups excluding carboxylic acids is 1. The van der Waals surface area contributed by atoms with Crippen molar-refractivity contribution in [1.82, 2.24) is 9.62 Å². The molecule has 1 atom stereocenters. The number of carbonyl (C=O) groups is 1. The number of primary sulfonamides is 1. The predicted octanol–water partition coefficient (Wildman–Crippen LogP) is 0.221. The molecule has 2 aromatic carbocycles. The lowest BCUT2D eigenvalue weighted by Crippen LogP contribution is -2.54. The maximum atomic E-state index is 12.8. The Labute approximate surface area is 187 Å². The highest BCUT2D eigenvalue weighted by Gasteiger charge is 2.28. The van der Waals surface area contributed by atoms with E-state index in [2.05, 4.69) is 4.72 Å². The van der Waals surface area contributed by atoms with Crippen molar-refractivity contribution in [2.24, 2.45) is 5.14 Å². The van der Waals surface area contributed by atoms with Gasteiger partial charge in [0.1, 0.15) is 0 Å². The molecular weight excluding hydrogens is 454 g/mol. The van der Waals surface area contributed by atoms with Crippen LogP contribution in [0.25, 0.3) is 0 Å². The lowest BCUT2D eigenvalue weighted by Gasteiger charge is -2.37. The number of nitrogens with two attached hydrogens (primary N) is 1. The fourth-order valence-corrected chi connectivity index (χ4v) is 5.08. The summed E-state index contributed by atoms with van der Waals surface area (Å²) < 4.78 is 50.2. The van der Waals surface area contributed by atoms with Gasteiger partial charge in [-0.3, -0.25) is 4.79 Å². The summed E-state index contributed by atoms with van der Waals surface area (Å²) in [6.07, 6.45) is 0. The van der Waals surface area contributed by atoms with Crippen molar-refractivity contribution in [2.75, 3.05) is 31.1 Å². The molecule has 0 bridgehead atoms. The molecule has 0 saturated carbocycles. The molecule has 1 aliphatic heterocycles. The number of hydrogen-bond donors (Lipinski definition) is 2. The minimum absolute atomic E-state index is 0.0242. The van der Waals surface area contributed by atoms with E-state index in [1.165, 1.54) is 43.3 Å². The monoisotopic (exact) mass is 477 g/mol. The first-order valence-corrected chi connectivity index (χ1v) is 12.7. The van der Waals surface area contributed by atoms with Crippen LogP contribution in [0.3, 0.4) is 0 Å². The van der Waals surface area contributed by atoms with E-state index < -0.39 is 26.1 Å². The van der Waals surface area contributed by atoms with Crippen molar-refractivity contribution in [3.63, 3.8) is 0 Å². The van der Waals surface area contributed by atoms with Crippen LogP contribution in [0, 0.1) is 11.3 Å². The molecule has 1 amide bonds. The second-order valence-corrected chi connectivity index (χ2v) is 10.6. The zero-order valence-corrected chi connectivity index (χ0v) is 18.9. The van der Waals surface area contributed by atoms with Gasteiger partial charge in [0.25, 0.3) is 0 Å². The lowest BCUT2D eigenvalue weighted by atomic mass is 10.2. The second-order valence-electron chi connectivity index (χ2n) is 7.33. The molecule has 1 heterocycles. The highest BCUT2D eigenvalue weighted by molar-refractivity contribution is 7.89. The van der Waals surface area contributed by atoms with Gasteiger partial charge in [-0.15, -0.1) is 0 Å². The Morgan fingerprint density at radius 1 is 0.969 bits per heavy atom. The number of rotatable bonds is 6. The molecule has 10 nitrogen and oxygen atoms in total. The van der Waals surface area contributed by atoms with Crippen molar-refractivity contribution >= 4 is 31.6 Å². The topological polar surface area (TPSA) is 154 Å². The zero-order chi connectivity index (χ0) is 23.5. The van der Waals surface area contributed by atoms with E-state index in [9.17, 15) is 21.6 Å². The number of nitrogens with zero attached hydrogens (tertiary/aromatic N) is 3. The number of piperazine rings is 1. The summed E-state index contributed by atoms with van der Waals surface area (Å²) in [7, 11) is -7.68. The summed E-state index contributed by atoms with van der Waals surface area (Å²) in [5.74, 6) is -0.341. The molecule has 1 saturated heterocycles. The lowest BCUT2D eigenvalue weighted by molar-refractivity contribution is -0.132. The van der Waals surface area contributed by atoms with Crippen LogP contribution in [0.15, 0.2) is 58.3 Å². The first-order chi connectivity index (χ1) is 15.0. The third kappa shape index (κ3) is 5.43. The minimum atomic E-state index is -3.91. The van der Waals surface area contributed by atoms with Crippen molar-refractivity contribution in [1.29, 1.82) is 5.26 Å². The van der Waals surface area contributed by atoms with Crippen molar-refractivity contribution in [3.8, 4) is 6.07 Å². The summed E-state index contributed by atoms with van der Waals surface area (Å²) in [6.45, 7) is 3.28. The number of nitriles is 1. The highest BCUT2D eigenvalue weighted by Crippen LogP contribution is 2.19. The number of anilines is 1. The summed E-state index contributed by atoms with van der Waals surface area (Å²) in [5, 5.41) is 13.9. The summed E-state index contributed by atoms with van der Waals surface area (Å²) >= 11 is 0. The van der Waals surface area contributed by atoms with E-state index in [4.69, 9.17) is 10.4 Å². The largest absolute Gasteiger partial charge is 0.368 e. The number of amides is 1. The first kappa shape index (κ1) is 23.7. The minimum Gasteiger partial charge on any atom is -0.368 e. The average molecular weight is 478 g/mol. The van der Waals surface area contributed by atoms with E-state index in [1.54, 1.807) is 17.0 Å². The van der Waals surface area contributed by atoms with Crippen molar-refractivity contribution < 1.29 is 21.6 Å². The summed E-state index contributed by atoms with van der Waals surface area (Å²) in [5.41, 5.74) is 1.14. The van der Waals surface area contributed by atoms with Crippen LogP contribution in [0.1, 0.15) is 12.5 Å². The Balaban J connectivity index is 1.59. The molecule has 170 valence electrons.